The number of hydrogen-bond donors (Lipinski definition) is 1. The molecule has 0 radical (unpaired) electrons. The van der Waals surface area contributed by atoms with Crippen LogP contribution in [0.3, 0.4) is 0 Å². The van der Waals surface area contributed by atoms with E-state index in [1.54, 1.807) is 0 Å². The standard InChI is InChI=1S/C9H6BrN3/c10-6-2-1-3-7-9(6)13-8(12-7)4-5-11/h1-3H,4H2,(H,12,13). The average molecular weight is 236 g/mol. The molecule has 13 heavy (non-hydrogen) atoms. The molecule has 0 bridgehead atoms. The fourth-order valence-electron chi connectivity index (χ4n) is 1.21. The number of nitrogens with one attached hydrogen (secondary N) is 1. The first kappa shape index (κ1) is 8.27. The largest absolute Gasteiger partial charge is 0.341 e. The first-order valence-corrected chi connectivity index (χ1v) is 4.60. The Morgan fingerprint density at radius 1 is 1.54 bits per heavy atom. The zero-order valence-electron chi connectivity index (χ0n) is 6.71. The van der Waals surface area contributed by atoms with Crippen LogP contribution in [-0.4, -0.2) is 9.97 Å². The Morgan fingerprint density at radius 3 is 3.08 bits per heavy atom. The summed E-state index contributed by atoms with van der Waals surface area (Å²) in [5.74, 6) is 0.712. The first-order chi connectivity index (χ1) is 6.31. The number of halogens is 1. The number of aromatic nitrogens is 2. The summed E-state index contributed by atoms with van der Waals surface area (Å²) in [4.78, 5) is 7.35. The van der Waals surface area contributed by atoms with Crippen molar-refractivity contribution in [1.82, 2.24) is 9.97 Å². The number of benzene rings is 1. The summed E-state index contributed by atoms with van der Waals surface area (Å²) >= 11 is 3.40. The Hall–Kier alpha value is -1.34. The van der Waals surface area contributed by atoms with Gasteiger partial charge in [-0.25, -0.2) is 4.98 Å². The number of fused-ring (bicyclic) bond motifs is 1. The van der Waals surface area contributed by atoms with E-state index in [-0.39, 0.29) is 0 Å². The lowest BCUT2D eigenvalue weighted by Gasteiger charge is -1.88. The highest BCUT2D eigenvalue weighted by Crippen LogP contribution is 2.21. The van der Waals surface area contributed by atoms with Crippen LogP contribution < -0.4 is 0 Å². The summed E-state index contributed by atoms with van der Waals surface area (Å²) in [5.41, 5.74) is 1.84. The zero-order chi connectivity index (χ0) is 9.26. The van der Waals surface area contributed by atoms with Crippen LogP contribution in [-0.2, 0) is 6.42 Å². The molecule has 1 aromatic carbocycles. The number of nitrogens with zero attached hydrogens (tertiary/aromatic N) is 2. The molecule has 0 aliphatic heterocycles. The fraction of sp³-hybridized carbons (Fsp3) is 0.111. The second-order valence-corrected chi connectivity index (χ2v) is 3.51. The lowest BCUT2D eigenvalue weighted by molar-refractivity contribution is 1.08. The average Bonchev–Trinajstić information content (AvgIpc) is 2.49. The predicted molar refractivity (Wildman–Crippen MR) is 53.1 cm³/mol. The first-order valence-electron chi connectivity index (χ1n) is 3.81. The third kappa shape index (κ3) is 1.43. The maximum atomic E-state index is 8.49. The highest BCUT2D eigenvalue weighted by atomic mass is 79.9. The van der Waals surface area contributed by atoms with Gasteiger partial charge in [-0.3, -0.25) is 0 Å². The number of para-hydroxylation sites is 1. The van der Waals surface area contributed by atoms with Crippen molar-refractivity contribution in [2.45, 2.75) is 6.42 Å². The molecule has 0 aliphatic rings. The number of H-pyrrole nitrogens is 1. The predicted octanol–water partition coefficient (Wildman–Crippen LogP) is 2.39. The SMILES string of the molecule is N#CCc1nc2c(Br)cccc2[nH]1. The molecule has 4 heteroatoms. The summed E-state index contributed by atoms with van der Waals surface area (Å²) in [6.07, 6.45) is 0.321. The van der Waals surface area contributed by atoms with Gasteiger partial charge in [-0.15, -0.1) is 0 Å². The van der Waals surface area contributed by atoms with Crippen LogP contribution >= 0.6 is 15.9 Å². The van der Waals surface area contributed by atoms with Crippen molar-refractivity contribution >= 4 is 27.0 Å². The highest BCUT2D eigenvalue weighted by molar-refractivity contribution is 9.10. The molecule has 0 saturated carbocycles. The van der Waals surface area contributed by atoms with Gasteiger partial charge in [0.05, 0.1) is 18.0 Å². The van der Waals surface area contributed by atoms with E-state index in [1.165, 1.54) is 0 Å². The van der Waals surface area contributed by atoms with E-state index < -0.39 is 0 Å². The molecular formula is C9H6BrN3. The molecule has 0 saturated heterocycles. The van der Waals surface area contributed by atoms with E-state index in [0.717, 1.165) is 15.5 Å². The van der Waals surface area contributed by atoms with E-state index in [4.69, 9.17) is 5.26 Å². The molecule has 0 atom stereocenters. The van der Waals surface area contributed by atoms with Gasteiger partial charge in [0.15, 0.2) is 0 Å². The lowest BCUT2D eigenvalue weighted by Crippen LogP contribution is -1.82. The van der Waals surface area contributed by atoms with Gasteiger partial charge >= 0.3 is 0 Å². The van der Waals surface area contributed by atoms with Crippen molar-refractivity contribution in [3.05, 3.63) is 28.5 Å². The molecule has 1 heterocycles. The topological polar surface area (TPSA) is 52.5 Å². The van der Waals surface area contributed by atoms with Crippen molar-refractivity contribution in [3.8, 4) is 6.07 Å². The van der Waals surface area contributed by atoms with Crippen LogP contribution in [0.4, 0.5) is 0 Å². The van der Waals surface area contributed by atoms with Crippen molar-refractivity contribution in [1.29, 1.82) is 5.26 Å². The van der Waals surface area contributed by atoms with E-state index in [1.807, 2.05) is 18.2 Å². The summed E-state index contributed by atoms with van der Waals surface area (Å²) < 4.78 is 0.949. The van der Waals surface area contributed by atoms with Crippen molar-refractivity contribution in [2.24, 2.45) is 0 Å². The quantitative estimate of drug-likeness (QED) is 0.826. The summed E-state index contributed by atoms with van der Waals surface area (Å²) in [6.45, 7) is 0. The minimum Gasteiger partial charge on any atom is -0.341 e. The van der Waals surface area contributed by atoms with Gasteiger partial charge in [0.2, 0.25) is 0 Å². The molecule has 0 unspecified atom stereocenters. The normalized spacial score (nSPS) is 10.2. The zero-order valence-corrected chi connectivity index (χ0v) is 8.30. The Bertz CT molecular complexity index is 481. The number of aromatic amines is 1. The monoisotopic (exact) mass is 235 g/mol. The minimum atomic E-state index is 0.321. The Labute approximate surface area is 83.5 Å². The van der Waals surface area contributed by atoms with Gasteiger partial charge < -0.3 is 4.98 Å². The number of rotatable bonds is 1. The molecule has 1 N–H and O–H groups in total. The summed E-state index contributed by atoms with van der Waals surface area (Å²) in [6, 6.07) is 7.86. The Kier molecular flexibility index (Phi) is 2.03. The van der Waals surface area contributed by atoms with Gasteiger partial charge in [-0.2, -0.15) is 5.26 Å². The van der Waals surface area contributed by atoms with Crippen molar-refractivity contribution < 1.29 is 0 Å². The van der Waals surface area contributed by atoms with Crippen LogP contribution in [0.25, 0.3) is 11.0 Å². The third-order valence-electron chi connectivity index (χ3n) is 1.76. The van der Waals surface area contributed by atoms with E-state index >= 15 is 0 Å². The van der Waals surface area contributed by atoms with E-state index in [9.17, 15) is 0 Å². The van der Waals surface area contributed by atoms with E-state index in [0.29, 0.717) is 12.2 Å². The van der Waals surface area contributed by atoms with Crippen LogP contribution in [0, 0.1) is 11.3 Å². The minimum absolute atomic E-state index is 0.321. The van der Waals surface area contributed by atoms with Crippen LogP contribution in [0.1, 0.15) is 5.82 Å². The second kappa shape index (κ2) is 3.19. The molecule has 3 nitrogen and oxygen atoms in total. The number of imidazole rings is 1. The third-order valence-corrected chi connectivity index (χ3v) is 2.40. The van der Waals surface area contributed by atoms with Crippen LogP contribution in [0.15, 0.2) is 22.7 Å². The number of hydrogen-bond acceptors (Lipinski definition) is 2. The maximum absolute atomic E-state index is 8.49. The molecule has 0 aliphatic carbocycles. The Balaban J connectivity index is 2.63. The van der Waals surface area contributed by atoms with Gasteiger partial charge in [-0.1, -0.05) is 6.07 Å². The molecular weight excluding hydrogens is 230 g/mol. The molecule has 1 aromatic heterocycles. The van der Waals surface area contributed by atoms with Crippen molar-refractivity contribution in [3.63, 3.8) is 0 Å². The summed E-state index contributed by atoms with van der Waals surface area (Å²) in [5, 5.41) is 8.49. The lowest BCUT2D eigenvalue weighted by atomic mass is 10.3. The van der Waals surface area contributed by atoms with Gasteiger partial charge in [0.25, 0.3) is 0 Å². The number of nitriles is 1. The van der Waals surface area contributed by atoms with Crippen LogP contribution in [0.2, 0.25) is 0 Å². The summed E-state index contributed by atoms with van der Waals surface area (Å²) in [7, 11) is 0. The molecule has 0 amide bonds. The van der Waals surface area contributed by atoms with Crippen LogP contribution in [0.5, 0.6) is 0 Å². The van der Waals surface area contributed by atoms with Crippen molar-refractivity contribution in [2.75, 3.05) is 0 Å². The molecule has 64 valence electrons. The second-order valence-electron chi connectivity index (χ2n) is 2.65. The van der Waals surface area contributed by atoms with Gasteiger partial charge in [-0.05, 0) is 28.1 Å². The molecule has 0 fully saturated rings. The van der Waals surface area contributed by atoms with Gasteiger partial charge in [0, 0.05) is 4.47 Å². The smallest absolute Gasteiger partial charge is 0.121 e. The Morgan fingerprint density at radius 2 is 2.38 bits per heavy atom. The molecule has 2 rings (SSSR count). The fourth-order valence-corrected chi connectivity index (χ4v) is 1.66. The molecule has 2 aromatic rings. The highest BCUT2D eigenvalue weighted by Gasteiger charge is 2.03. The maximum Gasteiger partial charge on any atom is 0.121 e. The molecule has 0 spiro atoms. The van der Waals surface area contributed by atoms with E-state index in [2.05, 4.69) is 32.0 Å². The van der Waals surface area contributed by atoms with Gasteiger partial charge in [0.1, 0.15) is 11.3 Å².